The molecule has 0 spiro atoms. The molecule has 0 unspecified atom stereocenters. The molecule has 0 saturated heterocycles. The van der Waals surface area contributed by atoms with Gasteiger partial charge in [0.15, 0.2) is 5.82 Å². The molecule has 15 heteroatoms. The predicted molar refractivity (Wildman–Crippen MR) is 141 cm³/mol. The van der Waals surface area contributed by atoms with Gasteiger partial charge in [0.1, 0.15) is 35.6 Å². The fraction of sp³-hybridized carbons (Fsp3) is 0.308. The van der Waals surface area contributed by atoms with Crippen LogP contribution >= 0.6 is 0 Å². The first-order valence-corrected chi connectivity index (χ1v) is 12.3. The van der Waals surface area contributed by atoms with E-state index in [4.69, 9.17) is 14.7 Å². The lowest BCUT2D eigenvalue weighted by Crippen LogP contribution is -2.34. The van der Waals surface area contributed by atoms with Gasteiger partial charge in [0.25, 0.3) is 5.56 Å². The number of benzene rings is 1. The quantitative estimate of drug-likeness (QED) is 0.231. The third kappa shape index (κ3) is 7.79. The van der Waals surface area contributed by atoms with E-state index in [1.165, 1.54) is 13.3 Å². The van der Waals surface area contributed by atoms with Crippen LogP contribution in [0.1, 0.15) is 35.3 Å². The van der Waals surface area contributed by atoms with Gasteiger partial charge in [0.05, 0.1) is 44.3 Å². The van der Waals surface area contributed by atoms with Crippen LogP contribution in [-0.4, -0.2) is 49.7 Å². The van der Waals surface area contributed by atoms with E-state index in [9.17, 15) is 18.0 Å². The molecular formula is C26H26F3N9O3. The lowest BCUT2D eigenvalue weighted by atomic mass is 10.2. The van der Waals surface area contributed by atoms with Gasteiger partial charge in [-0.25, -0.2) is 14.6 Å². The molecular weight excluding hydrogens is 543 g/mol. The first-order valence-electron chi connectivity index (χ1n) is 12.3. The average Bonchev–Trinajstić information content (AvgIpc) is 3.41. The number of ether oxygens (including phenoxy) is 2. The topological polar surface area (TPSA) is 156 Å². The fourth-order valence-corrected chi connectivity index (χ4v) is 3.74. The molecule has 214 valence electrons. The number of hydrogen-bond donors (Lipinski definition) is 3. The molecule has 41 heavy (non-hydrogen) atoms. The Balaban J connectivity index is 1.32. The van der Waals surface area contributed by atoms with E-state index in [1.54, 1.807) is 43.3 Å². The van der Waals surface area contributed by atoms with Crippen molar-refractivity contribution in [3.8, 4) is 11.8 Å². The number of anilines is 2. The predicted octanol–water partition coefficient (Wildman–Crippen LogP) is 3.33. The maximum Gasteiger partial charge on any atom is 0.423 e. The first-order chi connectivity index (χ1) is 19.7. The van der Waals surface area contributed by atoms with E-state index in [0.29, 0.717) is 40.9 Å². The molecule has 0 radical (unpaired) electrons. The Morgan fingerprint density at radius 2 is 1.95 bits per heavy atom. The normalized spacial score (nSPS) is 12.0. The molecule has 0 aliphatic carbocycles. The highest BCUT2D eigenvalue weighted by molar-refractivity contribution is 5.50. The minimum Gasteiger partial charge on any atom is -0.497 e. The van der Waals surface area contributed by atoms with Gasteiger partial charge in [0, 0.05) is 12.2 Å². The zero-order chi connectivity index (χ0) is 29.4. The fourth-order valence-electron chi connectivity index (χ4n) is 3.74. The van der Waals surface area contributed by atoms with Crippen molar-refractivity contribution in [1.82, 2.24) is 29.9 Å². The summed E-state index contributed by atoms with van der Waals surface area (Å²) in [7, 11) is 1.50. The van der Waals surface area contributed by atoms with Crippen LogP contribution in [0.15, 0.2) is 53.6 Å². The number of halogens is 3. The summed E-state index contributed by atoms with van der Waals surface area (Å²) in [5, 5.41) is 25.3. The second-order valence-corrected chi connectivity index (χ2v) is 8.90. The summed E-state index contributed by atoms with van der Waals surface area (Å²) >= 11 is 0. The van der Waals surface area contributed by atoms with E-state index in [-0.39, 0.29) is 19.8 Å². The van der Waals surface area contributed by atoms with Crippen LogP contribution in [0.25, 0.3) is 0 Å². The number of aromatic nitrogens is 6. The first kappa shape index (κ1) is 29.0. The molecule has 3 heterocycles. The zero-order valence-corrected chi connectivity index (χ0v) is 22.1. The minimum atomic E-state index is -4.90. The van der Waals surface area contributed by atoms with Crippen LogP contribution in [0.3, 0.4) is 0 Å². The van der Waals surface area contributed by atoms with Crippen molar-refractivity contribution in [1.29, 1.82) is 5.26 Å². The molecule has 4 rings (SSSR count). The number of methoxy groups -OCH3 is 1. The maximum absolute atomic E-state index is 13.9. The van der Waals surface area contributed by atoms with Crippen molar-refractivity contribution >= 4 is 11.5 Å². The van der Waals surface area contributed by atoms with E-state index in [1.807, 2.05) is 6.07 Å². The SMILES string of the molecule is COc1ccc(Cn2ncc(N[C@@H](C)COCc3n[nH]c(CNc4ccc(C#N)cn4)n3)c(C(F)(F)F)c2=O)cc1. The number of rotatable bonds is 12. The van der Waals surface area contributed by atoms with Gasteiger partial charge in [-0.15, -0.1) is 0 Å². The second kappa shape index (κ2) is 12.9. The lowest BCUT2D eigenvalue weighted by molar-refractivity contribution is -0.138. The number of nitrogens with zero attached hydrogens (tertiary/aromatic N) is 6. The summed E-state index contributed by atoms with van der Waals surface area (Å²) in [6, 6.07) is 11.3. The highest BCUT2D eigenvalue weighted by Gasteiger charge is 2.38. The molecule has 0 fully saturated rings. The molecule has 3 aromatic heterocycles. The van der Waals surface area contributed by atoms with Gasteiger partial charge in [0.2, 0.25) is 0 Å². The number of nitrogens with one attached hydrogen (secondary N) is 3. The van der Waals surface area contributed by atoms with Crippen LogP contribution in [0.2, 0.25) is 0 Å². The Morgan fingerprint density at radius 1 is 1.17 bits per heavy atom. The number of nitriles is 1. The minimum absolute atomic E-state index is 0.00349. The number of pyridine rings is 1. The number of alkyl halides is 3. The highest BCUT2D eigenvalue weighted by Crippen LogP contribution is 2.32. The summed E-state index contributed by atoms with van der Waals surface area (Å²) in [6.07, 6.45) is -2.47. The van der Waals surface area contributed by atoms with Crippen LogP contribution in [0.4, 0.5) is 24.7 Å². The van der Waals surface area contributed by atoms with Crippen molar-refractivity contribution in [3.63, 3.8) is 0 Å². The molecule has 1 aromatic carbocycles. The Hall–Kier alpha value is -4.97. The Morgan fingerprint density at radius 3 is 2.61 bits per heavy atom. The molecule has 3 N–H and O–H groups in total. The summed E-state index contributed by atoms with van der Waals surface area (Å²) in [5.41, 5.74) is -2.00. The zero-order valence-electron chi connectivity index (χ0n) is 22.1. The van der Waals surface area contributed by atoms with Crippen molar-refractivity contribution in [2.24, 2.45) is 0 Å². The summed E-state index contributed by atoms with van der Waals surface area (Å²) in [4.78, 5) is 21.2. The summed E-state index contributed by atoms with van der Waals surface area (Å²) < 4.78 is 53.1. The Kier molecular flexibility index (Phi) is 9.15. The van der Waals surface area contributed by atoms with Gasteiger partial charge in [-0.05, 0) is 36.8 Å². The average molecular weight is 570 g/mol. The largest absolute Gasteiger partial charge is 0.497 e. The van der Waals surface area contributed by atoms with Crippen molar-refractivity contribution in [3.05, 3.63) is 87.5 Å². The summed E-state index contributed by atoms with van der Waals surface area (Å²) in [6.45, 7) is 1.78. The molecule has 0 aliphatic rings. The van der Waals surface area contributed by atoms with Crippen LogP contribution in [0, 0.1) is 11.3 Å². The molecule has 12 nitrogen and oxygen atoms in total. The molecule has 0 saturated carbocycles. The van der Waals surface area contributed by atoms with E-state index >= 15 is 0 Å². The standard InChI is InChI=1S/C26H26F3N9O3/c1-16(14-41-15-23-35-22(36-37-23)12-32-21-8-5-18(9-30)10-31-21)34-20-11-33-38(25(39)24(20)26(27,28)29)13-17-3-6-19(40-2)7-4-17/h3-8,10-11,16,34H,12-15H2,1-2H3,(H,31,32)(H,35,36,37)/t16-/m0/s1. The molecule has 0 amide bonds. The second-order valence-electron chi connectivity index (χ2n) is 8.90. The van der Waals surface area contributed by atoms with Crippen LogP contribution in [-0.2, 0) is 30.6 Å². The molecule has 4 aromatic rings. The van der Waals surface area contributed by atoms with Gasteiger partial charge in [-0.2, -0.15) is 28.6 Å². The highest BCUT2D eigenvalue weighted by atomic mass is 19.4. The van der Waals surface area contributed by atoms with Gasteiger partial charge in [-0.1, -0.05) is 12.1 Å². The third-order valence-corrected chi connectivity index (χ3v) is 5.73. The summed E-state index contributed by atoms with van der Waals surface area (Å²) in [5.74, 6) is 2.00. The van der Waals surface area contributed by atoms with Crippen LogP contribution in [0.5, 0.6) is 5.75 Å². The monoisotopic (exact) mass is 569 g/mol. The number of aromatic amines is 1. The number of H-pyrrole nitrogens is 1. The van der Waals surface area contributed by atoms with Crippen molar-refractivity contribution < 1.29 is 22.6 Å². The van der Waals surface area contributed by atoms with E-state index < -0.39 is 29.0 Å². The van der Waals surface area contributed by atoms with E-state index in [2.05, 4.69) is 35.9 Å². The van der Waals surface area contributed by atoms with E-state index in [0.717, 1.165) is 10.9 Å². The van der Waals surface area contributed by atoms with Gasteiger partial charge < -0.3 is 20.1 Å². The molecule has 1 atom stereocenters. The number of hydrogen-bond acceptors (Lipinski definition) is 10. The smallest absolute Gasteiger partial charge is 0.423 e. The lowest BCUT2D eigenvalue weighted by Gasteiger charge is -2.19. The molecule has 0 bridgehead atoms. The Labute approximate surface area is 232 Å². The Bertz CT molecular complexity index is 1550. The van der Waals surface area contributed by atoms with Crippen molar-refractivity contribution in [2.75, 3.05) is 24.4 Å². The van der Waals surface area contributed by atoms with Gasteiger partial charge >= 0.3 is 6.18 Å². The van der Waals surface area contributed by atoms with Gasteiger partial charge in [-0.3, -0.25) is 9.89 Å². The van der Waals surface area contributed by atoms with Crippen molar-refractivity contribution in [2.45, 2.75) is 38.8 Å². The molecule has 0 aliphatic heterocycles. The van der Waals surface area contributed by atoms with Crippen LogP contribution < -0.4 is 20.9 Å². The third-order valence-electron chi connectivity index (χ3n) is 5.73. The maximum atomic E-state index is 13.9.